The highest BCUT2D eigenvalue weighted by molar-refractivity contribution is 6.23. The first-order chi connectivity index (χ1) is 19.9. The number of aryl methyl sites for hydroxylation is 1. The highest BCUT2D eigenvalue weighted by Crippen LogP contribution is 2.42. The molecule has 0 fully saturated rings. The van der Waals surface area contributed by atoms with Gasteiger partial charge in [-0.05, 0) is 76.4 Å². The summed E-state index contributed by atoms with van der Waals surface area (Å²) in [6.45, 7) is 15.8. The molecule has 4 aromatic carbocycles. The van der Waals surface area contributed by atoms with Gasteiger partial charge in [0.25, 0.3) is 0 Å². The first kappa shape index (κ1) is 26.3. The van der Waals surface area contributed by atoms with Gasteiger partial charge in [0, 0.05) is 34.0 Å². The molecular formula is C38H36N2O2. The van der Waals surface area contributed by atoms with E-state index in [0.717, 1.165) is 60.7 Å². The van der Waals surface area contributed by atoms with Crippen LogP contribution >= 0.6 is 0 Å². The van der Waals surface area contributed by atoms with Gasteiger partial charge in [-0.3, -0.25) is 4.57 Å². The van der Waals surface area contributed by atoms with Crippen LogP contribution in [-0.4, -0.2) is 14.7 Å². The summed E-state index contributed by atoms with van der Waals surface area (Å²) in [5.41, 5.74) is 9.76. The van der Waals surface area contributed by atoms with Gasteiger partial charge < -0.3 is 9.52 Å². The summed E-state index contributed by atoms with van der Waals surface area (Å²) in [6.07, 6.45) is 2.00. The quantitative estimate of drug-likeness (QED) is 0.232. The Hall–Kier alpha value is -4.57. The van der Waals surface area contributed by atoms with E-state index < -0.39 is 0 Å². The molecule has 0 atom stereocenters. The maximum atomic E-state index is 10.5. The molecule has 7 rings (SSSR count). The van der Waals surface area contributed by atoms with Crippen molar-refractivity contribution in [2.24, 2.45) is 0 Å². The van der Waals surface area contributed by atoms with E-state index in [-0.39, 0.29) is 16.6 Å². The third-order valence-corrected chi connectivity index (χ3v) is 8.56. The molecular weight excluding hydrogens is 516 g/mol. The lowest BCUT2D eigenvalue weighted by atomic mass is 9.79. The van der Waals surface area contributed by atoms with Gasteiger partial charge in [-0.15, -0.1) is 0 Å². The van der Waals surface area contributed by atoms with Crippen molar-refractivity contribution in [3.63, 3.8) is 0 Å². The summed E-state index contributed by atoms with van der Waals surface area (Å²) in [5, 5.41) is 14.7. The number of furan rings is 1. The molecule has 0 aliphatic rings. The van der Waals surface area contributed by atoms with E-state index in [0.29, 0.717) is 0 Å². The molecule has 0 aliphatic carbocycles. The van der Waals surface area contributed by atoms with E-state index in [9.17, 15) is 5.11 Å². The molecule has 7 aromatic rings. The normalized spacial score (nSPS) is 12.7. The molecule has 0 saturated carbocycles. The van der Waals surface area contributed by atoms with Crippen LogP contribution in [0.1, 0.15) is 58.2 Å². The van der Waals surface area contributed by atoms with E-state index in [1.54, 1.807) is 6.07 Å². The van der Waals surface area contributed by atoms with Crippen LogP contribution in [0.15, 0.2) is 89.5 Å². The van der Waals surface area contributed by atoms with E-state index in [1.807, 2.05) is 36.5 Å². The zero-order chi connectivity index (χ0) is 29.6. The third kappa shape index (κ3) is 4.08. The van der Waals surface area contributed by atoms with Crippen molar-refractivity contribution in [3.05, 3.63) is 102 Å². The number of para-hydroxylation sites is 1. The van der Waals surface area contributed by atoms with E-state index in [2.05, 4.69) is 95.5 Å². The zero-order valence-electron chi connectivity index (χ0n) is 25.3. The summed E-state index contributed by atoms with van der Waals surface area (Å²) in [4.78, 5) is 5.05. The maximum Gasteiger partial charge on any atom is 0.145 e. The van der Waals surface area contributed by atoms with Gasteiger partial charge >= 0.3 is 0 Å². The van der Waals surface area contributed by atoms with Gasteiger partial charge in [-0.1, -0.05) is 77.9 Å². The summed E-state index contributed by atoms with van der Waals surface area (Å²) < 4.78 is 8.57. The highest BCUT2D eigenvalue weighted by Gasteiger charge is 2.23. The number of pyridine rings is 1. The van der Waals surface area contributed by atoms with Crippen molar-refractivity contribution in [1.82, 2.24) is 9.55 Å². The Labute approximate surface area is 246 Å². The second-order valence-corrected chi connectivity index (χ2v) is 13.6. The molecule has 0 saturated heterocycles. The molecule has 0 unspecified atom stereocenters. The number of aromatic hydroxyl groups is 1. The van der Waals surface area contributed by atoms with Gasteiger partial charge in [-0.25, -0.2) is 4.98 Å². The van der Waals surface area contributed by atoms with E-state index in [1.165, 1.54) is 16.7 Å². The monoisotopic (exact) mass is 552 g/mol. The standard InChI is InChI=1S/C38H36N2O2/c1-22-16-34(39-21-30(22)23-17-24(37(2,3)4)19-25(18-23)38(5,6)7)40-31-15-14-28-27-10-8-9-11-33(27)42-36(28)35(31)29-13-12-26(41)20-32(29)40/h8-21,41H,1-7H3. The van der Waals surface area contributed by atoms with Gasteiger partial charge in [0.05, 0.1) is 16.4 Å². The lowest BCUT2D eigenvalue weighted by molar-refractivity contribution is 0.476. The van der Waals surface area contributed by atoms with Crippen LogP contribution in [0.4, 0.5) is 0 Å². The number of rotatable bonds is 2. The predicted molar refractivity (Wildman–Crippen MR) is 175 cm³/mol. The molecule has 0 spiro atoms. The van der Waals surface area contributed by atoms with Crippen LogP contribution in [0.5, 0.6) is 5.75 Å². The lowest BCUT2D eigenvalue weighted by Crippen LogP contribution is -2.16. The first-order valence-electron chi connectivity index (χ1n) is 14.6. The number of benzene rings is 4. The van der Waals surface area contributed by atoms with E-state index >= 15 is 0 Å². The Kier molecular flexibility index (Phi) is 5.62. The summed E-state index contributed by atoms with van der Waals surface area (Å²) >= 11 is 0. The van der Waals surface area contributed by atoms with Gasteiger partial charge in [0.1, 0.15) is 22.7 Å². The molecule has 0 bridgehead atoms. The Morgan fingerprint density at radius 3 is 2.10 bits per heavy atom. The smallest absolute Gasteiger partial charge is 0.145 e. The molecule has 3 heterocycles. The van der Waals surface area contributed by atoms with Crippen molar-refractivity contribution in [3.8, 4) is 22.7 Å². The molecule has 210 valence electrons. The van der Waals surface area contributed by atoms with Crippen molar-refractivity contribution in [1.29, 1.82) is 0 Å². The molecule has 0 amide bonds. The van der Waals surface area contributed by atoms with Crippen molar-refractivity contribution < 1.29 is 9.52 Å². The van der Waals surface area contributed by atoms with Gasteiger partial charge in [-0.2, -0.15) is 0 Å². The number of phenolic OH excluding ortho intramolecular Hbond substituents is 1. The summed E-state index contributed by atoms with van der Waals surface area (Å²) in [6, 6.07) is 27.1. The topological polar surface area (TPSA) is 51.2 Å². The number of phenols is 1. The molecule has 42 heavy (non-hydrogen) atoms. The number of hydrogen-bond acceptors (Lipinski definition) is 3. The summed E-state index contributed by atoms with van der Waals surface area (Å²) in [5.74, 6) is 1.02. The minimum absolute atomic E-state index is 0.0320. The minimum Gasteiger partial charge on any atom is -0.508 e. The average Bonchev–Trinajstić information content (AvgIpc) is 3.47. The number of hydrogen-bond donors (Lipinski definition) is 1. The van der Waals surface area contributed by atoms with Crippen molar-refractivity contribution in [2.75, 3.05) is 0 Å². The lowest BCUT2D eigenvalue weighted by Gasteiger charge is -2.26. The number of fused-ring (bicyclic) bond motifs is 7. The Balaban J connectivity index is 1.47. The molecule has 0 aliphatic heterocycles. The summed E-state index contributed by atoms with van der Waals surface area (Å²) in [7, 11) is 0. The Bertz CT molecular complexity index is 2150. The average molecular weight is 553 g/mol. The van der Waals surface area contributed by atoms with Crippen LogP contribution in [0.2, 0.25) is 0 Å². The van der Waals surface area contributed by atoms with Crippen LogP contribution in [0, 0.1) is 6.92 Å². The highest BCUT2D eigenvalue weighted by atomic mass is 16.3. The number of nitrogens with zero attached hydrogens (tertiary/aromatic N) is 2. The van der Waals surface area contributed by atoms with Crippen molar-refractivity contribution in [2.45, 2.75) is 59.3 Å². The molecule has 1 N–H and O–H groups in total. The van der Waals surface area contributed by atoms with Crippen LogP contribution in [-0.2, 0) is 10.8 Å². The fraction of sp³-hybridized carbons (Fsp3) is 0.237. The second-order valence-electron chi connectivity index (χ2n) is 13.6. The zero-order valence-corrected chi connectivity index (χ0v) is 25.3. The maximum absolute atomic E-state index is 10.5. The van der Waals surface area contributed by atoms with Crippen LogP contribution in [0.25, 0.3) is 60.7 Å². The third-order valence-electron chi connectivity index (χ3n) is 8.56. The van der Waals surface area contributed by atoms with Crippen LogP contribution in [0.3, 0.4) is 0 Å². The molecule has 0 radical (unpaired) electrons. The molecule has 3 aromatic heterocycles. The van der Waals surface area contributed by atoms with E-state index in [4.69, 9.17) is 9.40 Å². The minimum atomic E-state index is 0.0320. The Morgan fingerprint density at radius 2 is 1.40 bits per heavy atom. The fourth-order valence-electron chi connectivity index (χ4n) is 6.13. The predicted octanol–water partition coefficient (Wildman–Crippen LogP) is 10.4. The fourth-order valence-corrected chi connectivity index (χ4v) is 6.13. The Morgan fingerprint density at radius 1 is 0.714 bits per heavy atom. The first-order valence-corrected chi connectivity index (χ1v) is 14.6. The molecule has 4 heteroatoms. The molecule has 4 nitrogen and oxygen atoms in total. The second kappa shape index (κ2) is 8.96. The largest absolute Gasteiger partial charge is 0.508 e. The SMILES string of the molecule is Cc1cc(-n2c3cc(O)ccc3c3c4oc5ccccc5c4ccc32)ncc1-c1cc(C(C)(C)C)cc(C(C)(C)C)c1. The number of aromatic nitrogens is 2. The van der Waals surface area contributed by atoms with Crippen LogP contribution < -0.4 is 0 Å². The van der Waals surface area contributed by atoms with Crippen molar-refractivity contribution >= 4 is 43.7 Å². The van der Waals surface area contributed by atoms with Gasteiger partial charge in [0.15, 0.2) is 0 Å². The van der Waals surface area contributed by atoms with Gasteiger partial charge in [0.2, 0.25) is 0 Å².